The van der Waals surface area contributed by atoms with E-state index in [9.17, 15) is 0 Å². The molecule has 0 aromatic rings. The lowest BCUT2D eigenvalue weighted by Crippen LogP contribution is -2.50. The Morgan fingerprint density at radius 2 is 1.93 bits per heavy atom. The van der Waals surface area contributed by atoms with Crippen molar-refractivity contribution in [2.45, 2.75) is 57.9 Å². The first kappa shape index (κ1) is 12.1. The smallest absolute Gasteiger partial charge is 0.0763 e. The molecule has 1 aliphatic rings. The molecule has 1 atom stereocenters. The Morgan fingerprint density at radius 1 is 1.36 bits per heavy atom. The minimum Gasteiger partial charge on any atom is -0.300 e. The molecule has 0 spiro atoms. The Kier molecular flexibility index (Phi) is 3.32. The molecule has 0 aromatic carbocycles. The molecule has 0 amide bonds. The van der Waals surface area contributed by atoms with Gasteiger partial charge in [0.2, 0.25) is 0 Å². The standard InChI is InChI=1S/C11H23BN2/c1-6-9-7-14(8-13-9)11(4,5)10(2,3)12/h9,13H,6-8H2,1-5H3. The summed E-state index contributed by atoms with van der Waals surface area (Å²) >= 11 is 0. The second-order valence-corrected chi connectivity index (χ2v) is 5.47. The zero-order valence-corrected chi connectivity index (χ0v) is 10.2. The molecule has 2 radical (unpaired) electrons. The van der Waals surface area contributed by atoms with Crippen LogP contribution in [0.4, 0.5) is 0 Å². The predicted molar refractivity (Wildman–Crippen MR) is 62.7 cm³/mol. The summed E-state index contributed by atoms with van der Waals surface area (Å²) in [6.45, 7) is 13.0. The van der Waals surface area contributed by atoms with Crippen molar-refractivity contribution in [1.82, 2.24) is 10.2 Å². The molecule has 3 heteroatoms. The Balaban J connectivity index is 2.66. The molecule has 80 valence electrons. The quantitative estimate of drug-likeness (QED) is 0.689. The average molecular weight is 194 g/mol. The summed E-state index contributed by atoms with van der Waals surface area (Å²) in [7, 11) is 6.21. The summed E-state index contributed by atoms with van der Waals surface area (Å²) < 4.78 is 0. The van der Waals surface area contributed by atoms with Crippen LogP contribution in [0.5, 0.6) is 0 Å². The molecule has 0 saturated carbocycles. The number of nitrogens with one attached hydrogen (secondary N) is 1. The summed E-state index contributed by atoms with van der Waals surface area (Å²) in [4.78, 5) is 2.45. The highest BCUT2D eigenvalue weighted by molar-refractivity contribution is 6.15. The Hall–Kier alpha value is -0.0151. The van der Waals surface area contributed by atoms with E-state index in [4.69, 9.17) is 7.85 Å². The third-order valence-corrected chi connectivity index (χ3v) is 3.87. The van der Waals surface area contributed by atoms with E-state index in [0.717, 1.165) is 13.2 Å². The molecule has 1 saturated heterocycles. The molecule has 0 aromatic heterocycles. The molecule has 0 bridgehead atoms. The van der Waals surface area contributed by atoms with Gasteiger partial charge in [-0.05, 0) is 20.3 Å². The average Bonchev–Trinajstić information content (AvgIpc) is 2.49. The molecule has 1 fully saturated rings. The minimum atomic E-state index is -0.169. The lowest BCUT2D eigenvalue weighted by molar-refractivity contribution is 0.110. The van der Waals surface area contributed by atoms with Crippen LogP contribution in [0.15, 0.2) is 0 Å². The molecular weight excluding hydrogens is 171 g/mol. The van der Waals surface area contributed by atoms with E-state index in [-0.39, 0.29) is 10.9 Å². The lowest BCUT2D eigenvalue weighted by atomic mass is 9.60. The van der Waals surface area contributed by atoms with Crippen molar-refractivity contribution in [2.75, 3.05) is 13.2 Å². The van der Waals surface area contributed by atoms with Gasteiger partial charge < -0.3 is 5.32 Å². The molecule has 1 heterocycles. The highest BCUT2D eigenvalue weighted by Crippen LogP contribution is 2.39. The Bertz CT molecular complexity index is 196. The van der Waals surface area contributed by atoms with Crippen molar-refractivity contribution in [1.29, 1.82) is 0 Å². The van der Waals surface area contributed by atoms with Gasteiger partial charge >= 0.3 is 0 Å². The predicted octanol–water partition coefficient (Wildman–Crippen LogP) is 1.77. The van der Waals surface area contributed by atoms with E-state index < -0.39 is 0 Å². The summed E-state index contributed by atoms with van der Waals surface area (Å²) in [5.74, 6) is 0. The van der Waals surface area contributed by atoms with Gasteiger partial charge in [-0.25, -0.2) is 0 Å². The SMILES string of the molecule is [B]C(C)(C)C(C)(C)N1CNC(CC)C1. The Morgan fingerprint density at radius 3 is 2.29 bits per heavy atom. The first-order chi connectivity index (χ1) is 6.29. The van der Waals surface area contributed by atoms with E-state index in [1.807, 2.05) is 0 Å². The molecule has 1 N–H and O–H groups in total. The van der Waals surface area contributed by atoms with E-state index in [1.54, 1.807) is 0 Å². The van der Waals surface area contributed by atoms with Crippen molar-refractivity contribution in [3.63, 3.8) is 0 Å². The number of nitrogens with zero attached hydrogens (tertiary/aromatic N) is 1. The zero-order valence-electron chi connectivity index (χ0n) is 10.2. The molecule has 14 heavy (non-hydrogen) atoms. The van der Waals surface area contributed by atoms with Gasteiger partial charge in [0.15, 0.2) is 0 Å². The van der Waals surface area contributed by atoms with Gasteiger partial charge in [-0.2, -0.15) is 0 Å². The lowest BCUT2D eigenvalue weighted by Gasteiger charge is -2.46. The summed E-state index contributed by atoms with van der Waals surface area (Å²) in [6, 6.07) is 0.636. The molecular formula is C11H23BN2. The number of rotatable bonds is 3. The topological polar surface area (TPSA) is 15.3 Å². The van der Waals surface area contributed by atoms with E-state index in [1.165, 1.54) is 6.42 Å². The van der Waals surface area contributed by atoms with Crippen molar-refractivity contribution in [3.05, 3.63) is 0 Å². The van der Waals surface area contributed by atoms with Crippen LogP contribution in [0.3, 0.4) is 0 Å². The van der Waals surface area contributed by atoms with Crippen molar-refractivity contribution < 1.29 is 0 Å². The monoisotopic (exact) mass is 194 g/mol. The summed E-state index contributed by atoms with van der Waals surface area (Å²) in [6.07, 6.45) is 1.19. The molecule has 0 aliphatic carbocycles. The van der Waals surface area contributed by atoms with Gasteiger partial charge in [0.1, 0.15) is 0 Å². The number of hydrogen-bond acceptors (Lipinski definition) is 2. The molecule has 2 nitrogen and oxygen atoms in total. The van der Waals surface area contributed by atoms with Gasteiger partial charge in [0.25, 0.3) is 0 Å². The third-order valence-electron chi connectivity index (χ3n) is 3.87. The molecule has 1 aliphatic heterocycles. The van der Waals surface area contributed by atoms with Crippen molar-refractivity contribution >= 4 is 7.85 Å². The second-order valence-electron chi connectivity index (χ2n) is 5.47. The van der Waals surface area contributed by atoms with Crippen LogP contribution in [0, 0.1) is 0 Å². The highest BCUT2D eigenvalue weighted by Gasteiger charge is 2.40. The second kappa shape index (κ2) is 3.86. The van der Waals surface area contributed by atoms with E-state index in [0.29, 0.717) is 6.04 Å². The maximum absolute atomic E-state index is 6.21. The van der Waals surface area contributed by atoms with Gasteiger partial charge in [-0.15, -0.1) is 0 Å². The van der Waals surface area contributed by atoms with Gasteiger partial charge in [-0.1, -0.05) is 26.1 Å². The van der Waals surface area contributed by atoms with Crippen LogP contribution >= 0.6 is 0 Å². The van der Waals surface area contributed by atoms with Gasteiger partial charge in [-0.3, -0.25) is 4.90 Å². The van der Waals surface area contributed by atoms with Crippen LogP contribution in [-0.2, 0) is 0 Å². The maximum Gasteiger partial charge on any atom is 0.0763 e. The first-order valence-corrected chi connectivity index (χ1v) is 5.56. The van der Waals surface area contributed by atoms with Gasteiger partial charge in [0.05, 0.1) is 7.85 Å². The van der Waals surface area contributed by atoms with Crippen LogP contribution < -0.4 is 5.32 Å². The van der Waals surface area contributed by atoms with Gasteiger partial charge in [0, 0.05) is 24.8 Å². The van der Waals surface area contributed by atoms with Crippen LogP contribution in [0.25, 0.3) is 0 Å². The van der Waals surface area contributed by atoms with Crippen LogP contribution in [0.1, 0.15) is 41.0 Å². The zero-order chi connectivity index (χ0) is 11.0. The number of hydrogen-bond donors (Lipinski definition) is 1. The normalized spacial score (nSPS) is 25.6. The maximum atomic E-state index is 6.21. The highest BCUT2D eigenvalue weighted by atomic mass is 15.3. The first-order valence-electron chi connectivity index (χ1n) is 5.56. The van der Waals surface area contributed by atoms with E-state index >= 15 is 0 Å². The van der Waals surface area contributed by atoms with Crippen LogP contribution in [-0.4, -0.2) is 37.5 Å². The molecule has 1 rings (SSSR count). The third kappa shape index (κ3) is 2.14. The fraction of sp³-hybridized carbons (Fsp3) is 1.00. The van der Waals surface area contributed by atoms with Crippen LogP contribution in [0.2, 0.25) is 5.31 Å². The fourth-order valence-electron chi connectivity index (χ4n) is 1.74. The van der Waals surface area contributed by atoms with Crippen molar-refractivity contribution in [3.8, 4) is 0 Å². The minimum absolute atomic E-state index is 0.0456. The summed E-state index contributed by atoms with van der Waals surface area (Å²) in [5, 5.41) is 3.34. The van der Waals surface area contributed by atoms with Crippen molar-refractivity contribution in [2.24, 2.45) is 0 Å². The largest absolute Gasteiger partial charge is 0.300 e. The Labute approximate surface area is 89.8 Å². The van der Waals surface area contributed by atoms with E-state index in [2.05, 4.69) is 44.8 Å². The fourth-order valence-corrected chi connectivity index (χ4v) is 1.74. The summed E-state index contributed by atoms with van der Waals surface area (Å²) in [5.41, 5.74) is 0.0456. The molecule has 1 unspecified atom stereocenters.